The first-order chi connectivity index (χ1) is 9.31. The van der Waals surface area contributed by atoms with Gasteiger partial charge < -0.3 is 10.6 Å². The van der Waals surface area contributed by atoms with Crippen molar-refractivity contribution in [1.29, 1.82) is 0 Å². The summed E-state index contributed by atoms with van der Waals surface area (Å²) < 4.78 is 0. The maximum absolute atomic E-state index is 12.1. The zero-order valence-corrected chi connectivity index (χ0v) is 13.2. The number of carbonyl (C=O) groups excluding carboxylic acids is 1. The van der Waals surface area contributed by atoms with Crippen molar-refractivity contribution in [3.63, 3.8) is 0 Å². The minimum Gasteiger partial charge on any atom is -0.370 e. The Labute approximate surface area is 121 Å². The number of rotatable bonds is 6. The molecule has 0 radical (unpaired) electrons. The standard InChI is InChI=1S/C15H26N4O/c1-6-7-8-9-16-13-10-12(17-11(2)18-13)14(20)19-15(3,4)5/h10H,6-9H2,1-5H3,(H,19,20)(H,16,17,18). The Bertz CT molecular complexity index is 452. The lowest BCUT2D eigenvalue weighted by molar-refractivity contribution is 0.0914. The van der Waals surface area contributed by atoms with Crippen molar-refractivity contribution in [2.75, 3.05) is 11.9 Å². The van der Waals surface area contributed by atoms with E-state index < -0.39 is 0 Å². The lowest BCUT2D eigenvalue weighted by Crippen LogP contribution is -2.41. The quantitative estimate of drug-likeness (QED) is 0.785. The second-order valence-electron chi connectivity index (χ2n) is 6.02. The van der Waals surface area contributed by atoms with Crippen LogP contribution in [0.1, 0.15) is 63.3 Å². The maximum atomic E-state index is 12.1. The van der Waals surface area contributed by atoms with Crippen molar-refractivity contribution < 1.29 is 4.79 Å². The Kier molecular flexibility index (Phi) is 5.92. The van der Waals surface area contributed by atoms with Gasteiger partial charge in [-0.15, -0.1) is 0 Å². The zero-order valence-electron chi connectivity index (χ0n) is 13.2. The van der Waals surface area contributed by atoms with Gasteiger partial charge in [-0.3, -0.25) is 4.79 Å². The van der Waals surface area contributed by atoms with E-state index in [0.717, 1.165) is 13.0 Å². The van der Waals surface area contributed by atoms with Crippen LogP contribution in [0.5, 0.6) is 0 Å². The van der Waals surface area contributed by atoms with E-state index in [1.165, 1.54) is 12.8 Å². The molecule has 0 atom stereocenters. The maximum Gasteiger partial charge on any atom is 0.270 e. The van der Waals surface area contributed by atoms with E-state index >= 15 is 0 Å². The third kappa shape index (κ3) is 5.99. The highest BCUT2D eigenvalue weighted by atomic mass is 16.2. The van der Waals surface area contributed by atoms with Gasteiger partial charge in [0.25, 0.3) is 5.91 Å². The van der Waals surface area contributed by atoms with Gasteiger partial charge in [0.2, 0.25) is 0 Å². The molecule has 0 spiro atoms. The van der Waals surface area contributed by atoms with Gasteiger partial charge in [-0.25, -0.2) is 9.97 Å². The summed E-state index contributed by atoms with van der Waals surface area (Å²) in [6.07, 6.45) is 3.47. The summed E-state index contributed by atoms with van der Waals surface area (Å²) in [6, 6.07) is 1.71. The molecule has 5 heteroatoms. The highest BCUT2D eigenvalue weighted by Gasteiger charge is 2.17. The Hall–Kier alpha value is -1.65. The number of anilines is 1. The van der Waals surface area contributed by atoms with Crippen LogP contribution in [0, 0.1) is 6.92 Å². The smallest absolute Gasteiger partial charge is 0.270 e. The summed E-state index contributed by atoms with van der Waals surface area (Å²) in [5.74, 6) is 1.15. The van der Waals surface area contributed by atoms with Crippen molar-refractivity contribution in [3.8, 4) is 0 Å². The fourth-order valence-electron chi connectivity index (χ4n) is 1.77. The molecule has 1 amide bonds. The molecular weight excluding hydrogens is 252 g/mol. The molecule has 0 aliphatic carbocycles. The molecule has 0 saturated carbocycles. The fourth-order valence-corrected chi connectivity index (χ4v) is 1.77. The Balaban J connectivity index is 2.73. The monoisotopic (exact) mass is 278 g/mol. The highest BCUT2D eigenvalue weighted by Crippen LogP contribution is 2.09. The molecule has 0 fully saturated rings. The van der Waals surface area contributed by atoms with E-state index in [1.807, 2.05) is 20.8 Å². The Morgan fingerprint density at radius 3 is 2.55 bits per heavy atom. The van der Waals surface area contributed by atoms with E-state index in [2.05, 4.69) is 27.5 Å². The minimum atomic E-state index is -0.273. The molecule has 0 unspecified atom stereocenters. The van der Waals surface area contributed by atoms with E-state index in [9.17, 15) is 4.79 Å². The van der Waals surface area contributed by atoms with Crippen LogP contribution in [0.25, 0.3) is 0 Å². The van der Waals surface area contributed by atoms with Gasteiger partial charge in [0.05, 0.1) is 0 Å². The first-order valence-electron chi connectivity index (χ1n) is 7.24. The van der Waals surface area contributed by atoms with Gasteiger partial charge >= 0.3 is 0 Å². The van der Waals surface area contributed by atoms with Gasteiger partial charge in [0.1, 0.15) is 17.3 Å². The topological polar surface area (TPSA) is 66.9 Å². The molecule has 1 rings (SSSR count). The molecule has 5 nitrogen and oxygen atoms in total. The molecule has 0 aliphatic rings. The number of nitrogens with one attached hydrogen (secondary N) is 2. The first-order valence-corrected chi connectivity index (χ1v) is 7.24. The van der Waals surface area contributed by atoms with Crippen LogP contribution in [0.3, 0.4) is 0 Å². The summed E-state index contributed by atoms with van der Waals surface area (Å²) in [6.45, 7) is 10.7. The summed E-state index contributed by atoms with van der Waals surface area (Å²) in [5.41, 5.74) is 0.135. The zero-order chi connectivity index (χ0) is 15.2. The highest BCUT2D eigenvalue weighted by molar-refractivity contribution is 5.93. The van der Waals surface area contributed by atoms with Crippen LogP contribution in [-0.2, 0) is 0 Å². The average Bonchev–Trinajstić information content (AvgIpc) is 2.32. The molecule has 0 aromatic carbocycles. The van der Waals surface area contributed by atoms with Crippen molar-refractivity contribution in [3.05, 3.63) is 17.6 Å². The molecule has 0 saturated heterocycles. The summed E-state index contributed by atoms with van der Waals surface area (Å²) in [4.78, 5) is 20.6. The van der Waals surface area contributed by atoms with E-state index in [-0.39, 0.29) is 11.4 Å². The third-order valence-electron chi connectivity index (χ3n) is 2.65. The second-order valence-corrected chi connectivity index (χ2v) is 6.02. The molecular formula is C15H26N4O. The van der Waals surface area contributed by atoms with Gasteiger partial charge in [-0.1, -0.05) is 19.8 Å². The van der Waals surface area contributed by atoms with Crippen LogP contribution in [-0.4, -0.2) is 28.0 Å². The van der Waals surface area contributed by atoms with E-state index in [0.29, 0.717) is 17.3 Å². The van der Waals surface area contributed by atoms with Gasteiger partial charge in [0.15, 0.2) is 0 Å². The van der Waals surface area contributed by atoms with Gasteiger partial charge in [0, 0.05) is 18.2 Å². The van der Waals surface area contributed by atoms with E-state index in [4.69, 9.17) is 0 Å². The van der Waals surface area contributed by atoms with Crippen LogP contribution < -0.4 is 10.6 Å². The molecule has 2 N–H and O–H groups in total. The predicted molar refractivity (Wildman–Crippen MR) is 82.0 cm³/mol. The summed E-state index contributed by atoms with van der Waals surface area (Å²) >= 11 is 0. The molecule has 0 aliphatic heterocycles. The third-order valence-corrected chi connectivity index (χ3v) is 2.65. The summed E-state index contributed by atoms with van der Waals surface area (Å²) in [5, 5.41) is 6.16. The molecule has 1 heterocycles. The average molecular weight is 278 g/mol. The van der Waals surface area contributed by atoms with Crippen LogP contribution in [0.2, 0.25) is 0 Å². The molecule has 0 bridgehead atoms. The number of aromatic nitrogens is 2. The number of hydrogen-bond acceptors (Lipinski definition) is 4. The second kappa shape index (κ2) is 7.22. The lowest BCUT2D eigenvalue weighted by atomic mass is 10.1. The number of hydrogen-bond donors (Lipinski definition) is 2. The van der Waals surface area contributed by atoms with Crippen molar-refractivity contribution >= 4 is 11.7 Å². The normalized spacial score (nSPS) is 11.2. The number of unbranched alkanes of at least 4 members (excludes halogenated alkanes) is 2. The number of amides is 1. The lowest BCUT2D eigenvalue weighted by Gasteiger charge is -2.20. The number of nitrogens with zero attached hydrogens (tertiary/aromatic N) is 2. The molecule has 112 valence electrons. The largest absolute Gasteiger partial charge is 0.370 e. The SMILES string of the molecule is CCCCCNc1cc(C(=O)NC(C)(C)C)nc(C)n1. The number of aryl methyl sites for hydroxylation is 1. The molecule has 1 aromatic heterocycles. The van der Waals surface area contributed by atoms with Crippen molar-refractivity contribution in [2.45, 2.75) is 59.4 Å². The van der Waals surface area contributed by atoms with Crippen molar-refractivity contribution in [1.82, 2.24) is 15.3 Å². The van der Waals surface area contributed by atoms with Gasteiger partial charge in [-0.05, 0) is 34.1 Å². The number of carbonyl (C=O) groups is 1. The Morgan fingerprint density at radius 1 is 1.25 bits per heavy atom. The van der Waals surface area contributed by atoms with Crippen molar-refractivity contribution in [2.24, 2.45) is 0 Å². The minimum absolute atomic E-state index is 0.167. The summed E-state index contributed by atoms with van der Waals surface area (Å²) in [7, 11) is 0. The first kappa shape index (κ1) is 16.4. The molecule has 20 heavy (non-hydrogen) atoms. The van der Waals surface area contributed by atoms with E-state index in [1.54, 1.807) is 13.0 Å². The predicted octanol–water partition coefficient (Wildman–Crippen LogP) is 2.92. The van der Waals surface area contributed by atoms with Crippen LogP contribution in [0.4, 0.5) is 5.82 Å². The Morgan fingerprint density at radius 2 is 1.95 bits per heavy atom. The van der Waals surface area contributed by atoms with Crippen LogP contribution in [0.15, 0.2) is 6.07 Å². The van der Waals surface area contributed by atoms with Crippen LogP contribution >= 0.6 is 0 Å². The van der Waals surface area contributed by atoms with Gasteiger partial charge in [-0.2, -0.15) is 0 Å². The molecule has 1 aromatic rings. The fraction of sp³-hybridized carbons (Fsp3) is 0.667.